The van der Waals surface area contributed by atoms with Crippen molar-refractivity contribution in [3.8, 4) is 0 Å². The van der Waals surface area contributed by atoms with Gasteiger partial charge >= 0.3 is 0 Å². The molecule has 0 bridgehead atoms. The largest absolute Gasteiger partial charge is 0.356 e. The highest BCUT2D eigenvalue weighted by molar-refractivity contribution is 5.79. The Morgan fingerprint density at radius 3 is 1.91 bits per heavy atom. The SMILES string of the molecule is C[N+](C)(O)CCCNC(=O)C(C1CCCCC1)C1CCCCC1. The maximum absolute atomic E-state index is 12.9. The number of carbonyl (C=O) groups is 1. The van der Waals surface area contributed by atoms with Crippen LogP contribution in [0.2, 0.25) is 0 Å². The van der Waals surface area contributed by atoms with Gasteiger partial charge in [-0.15, -0.1) is 0 Å². The Morgan fingerprint density at radius 2 is 1.48 bits per heavy atom. The van der Waals surface area contributed by atoms with Crippen LogP contribution >= 0.6 is 0 Å². The van der Waals surface area contributed by atoms with Gasteiger partial charge in [0, 0.05) is 18.9 Å². The lowest BCUT2D eigenvalue weighted by molar-refractivity contribution is -1.07. The first kappa shape index (κ1) is 18.7. The summed E-state index contributed by atoms with van der Waals surface area (Å²) >= 11 is 0. The van der Waals surface area contributed by atoms with E-state index in [9.17, 15) is 10.0 Å². The van der Waals surface area contributed by atoms with E-state index in [1.807, 2.05) is 0 Å². The first-order valence-corrected chi connectivity index (χ1v) is 9.81. The van der Waals surface area contributed by atoms with Gasteiger partial charge in [-0.1, -0.05) is 38.5 Å². The summed E-state index contributed by atoms with van der Waals surface area (Å²) < 4.78 is -0.0233. The zero-order chi connectivity index (χ0) is 16.7. The van der Waals surface area contributed by atoms with Gasteiger partial charge in [0.2, 0.25) is 5.91 Å². The van der Waals surface area contributed by atoms with Crippen LogP contribution in [0.5, 0.6) is 0 Å². The monoisotopic (exact) mass is 325 g/mol. The molecule has 2 N–H and O–H groups in total. The second kappa shape index (κ2) is 9.03. The third-order valence-corrected chi connectivity index (χ3v) is 5.80. The summed E-state index contributed by atoms with van der Waals surface area (Å²) in [6, 6.07) is 0. The lowest BCUT2D eigenvalue weighted by Gasteiger charge is -2.36. The van der Waals surface area contributed by atoms with Gasteiger partial charge in [0.15, 0.2) is 0 Å². The van der Waals surface area contributed by atoms with Gasteiger partial charge in [-0.3, -0.25) is 4.79 Å². The third-order valence-electron chi connectivity index (χ3n) is 5.80. The van der Waals surface area contributed by atoms with E-state index in [0.717, 1.165) is 6.42 Å². The van der Waals surface area contributed by atoms with Crippen molar-refractivity contribution in [3.63, 3.8) is 0 Å². The molecule has 0 aliphatic heterocycles. The predicted molar refractivity (Wildman–Crippen MR) is 93.0 cm³/mol. The third kappa shape index (κ3) is 6.42. The number of nitrogens with zero attached hydrogens (tertiary/aromatic N) is 1. The van der Waals surface area contributed by atoms with Crippen LogP contribution in [0.15, 0.2) is 0 Å². The van der Waals surface area contributed by atoms with E-state index in [2.05, 4.69) is 5.32 Å². The molecule has 2 aliphatic carbocycles. The summed E-state index contributed by atoms with van der Waals surface area (Å²) in [6.07, 6.45) is 13.7. The Balaban J connectivity index is 1.88. The minimum atomic E-state index is -0.0233. The second-order valence-corrected chi connectivity index (χ2v) is 8.31. The van der Waals surface area contributed by atoms with Crippen molar-refractivity contribution in [2.45, 2.75) is 70.6 Å². The molecule has 0 saturated heterocycles. The highest BCUT2D eigenvalue weighted by Crippen LogP contribution is 2.40. The molecular weight excluding hydrogens is 288 g/mol. The summed E-state index contributed by atoms with van der Waals surface area (Å²) in [5, 5.41) is 12.9. The number of hydrogen-bond acceptors (Lipinski definition) is 2. The molecule has 1 amide bonds. The molecule has 0 aromatic heterocycles. The van der Waals surface area contributed by atoms with Gasteiger partial charge in [0.1, 0.15) is 6.54 Å². The standard InChI is InChI=1S/C19H36N2O2/c1-21(2,23)15-9-14-20-19(22)18(16-10-5-3-6-11-16)17-12-7-4-8-13-17/h16-18,23H,3-15H2,1-2H3/p+1. The molecule has 2 rings (SSSR count). The predicted octanol–water partition coefficient (Wildman–Crippen LogP) is 3.74. The number of amides is 1. The van der Waals surface area contributed by atoms with Crippen LogP contribution < -0.4 is 5.32 Å². The number of rotatable bonds is 7. The van der Waals surface area contributed by atoms with E-state index in [1.165, 1.54) is 64.2 Å². The first-order chi connectivity index (χ1) is 11.0. The van der Waals surface area contributed by atoms with Crippen LogP contribution in [0, 0.1) is 17.8 Å². The van der Waals surface area contributed by atoms with Gasteiger partial charge in [-0.2, -0.15) is 4.65 Å². The van der Waals surface area contributed by atoms with Gasteiger partial charge in [-0.05, 0) is 37.5 Å². The minimum Gasteiger partial charge on any atom is -0.356 e. The van der Waals surface area contributed by atoms with Crippen LogP contribution in [0.25, 0.3) is 0 Å². The summed E-state index contributed by atoms with van der Waals surface area (Å²) in [4.78, 5) is 12.9. The molecule has 0 aromatic rings. The molecule has 2 saturated carbocycles. The van der Waals surface area contributed by atoms with E-state index < -0.39 is 0 Å². The molecule has 2 fully saturated rings. The van der Waals surface area contributed by atoms with Crippen LogP contribution in [-0.2, 0) is 4.79 Å². The zero-order valence-corrected chi connectivity index (χ0v) is 15.2. The highest BCUT2D eigenvalue weighted by atomic mass is 16.5. The lowest BCUT2D eigenvalue weighted by Crippen LogP contribution is -2.42. The molecular formula is C19H37N2O2+. The van der Waals surface area contributed by atoms with E-state index in [1.54, 1.807) is 14.1 Å². The quantitative estimate of drug-likeness (QED) is 0.426. The Labute approximate surface area is 142 Å². The molecule has 0 heterocycles. The number of nitrogens with one attached hydrogen (secondary N) is 1. The van der Waals surface area contributed by atoms with Crippen molar-refractivity contribution >= 4 is 5.91 Å². The molecule has 23 heavy (non-hydrogen) atoms. The molecule has 4 nitrogen and oxygen atoms in total. The second-order valence-electron chi connectivity index (χ2n) is 8.31. The molecule has 4 heteroatoms. The molecule has 0 spiro atoms. The van der Waals surface area contributed by atoms with Crippen LogP contribution in [0.3, 0.4) is 0 Å². The zero-order valence-electron chi connectivity index (χ0n) is 15.2. The van der Waals surface area contributed by atoms with E-state index in [0.29, 0.717) is 30.8 Å². The average Bonchev–Trinajstić information content (AvgIpc) is 2.53. The normalized spacial score (nSPS) is 21.6. The number of carbonyl (C=O) groups excluding carboxylic acids is 1. The van der Waals surface area contributed by atoms with Gasteiger partial charge in [0.25, 0.3) is 0 Å². The van der Waals surface area contributed by atoms with Gasteiger partial charge < -0.3 is 5.32 Å². The summed E-state index contributed by atoms with van der Waals surface area (Å²) in [6.45, 7) is 1.37. The van der Waals surface area contributed by atoms with Crippen molar-refractivity contribution in [2.75, 3.05) is 27.2 Å². The Morgan fingerprint density at radius 1 is 1.00 bits per heavy atom. The smallest absolute Gasteiger partial charge is 0.223 e. The van der Waals surface area contributed by atoms with Crippen LogP contribution in [-0.4, -0.2) is 42.9 Å². The molecule has 134 valence electrons. The lowest BCUT2D eigenvalue weighted by atomic mass is 9.69. The number of quaternary nitrogens is 1. The van der Waals surface area contributed by atoms with E-state index >= 15 is 0 Å². The van der Waals surface area contributed by atoms with Crippen molar-refractivity contribution in [3.05, 3.63) is 0 Å². The van der Waals surface area contributed by atoms with Crippen molar-refractivity contribution in [1.29, 1.82) is 0 Å². The first-order valence-electron chi connectivity index (χ1n) is 9.81. The fourth-order valence-electron chi connectivity index (χ4n) is 4.60. The fraction of sp³-hybridized carbons (Fsp3) is 0.947. The average molecular weight is 326 g/mol. The topological polar surface area (TPSA) is 49.3 Å². The van der Waals surface area contributed by atoms with E-state index in [-0.39, 0.29) is 10.6 Å². The Kier molecular flexibility index (Phi) is 7.35. The van der Waals surface area contributed by atoms with Crippen LogP contribution in [0.4, 0.5) is 0 Å². The summed E-state index contributed by atoms with van der Waals surface area (Å²) in [7, 11) is 3.55. The molecule has 2 aliphatic rings. The fourth-order valence-corrected chi connectivity index (χ4v) is 4.60. The van der Waals surface area contributed by atoms with Crippen molar-refractivity contribution in [2.24, 2.45) is 17.8 Å². The summed E-state index contributed by atoms with van der Waals surface area (Å²) in [5.74, 6) is 1.76. The number of hydroxylamine groups is 3. The highest BCUT2D eigenvalue weighted by Gasteiger charge is 2.36. The Bertz CT molecular complexity index is 335. The molecule has 0 atom stereocenters. The summed E-state index contributed by atoms with van der Waals surface area (Å²) in [5.41, 5.74) is 0. The number of hydrogen-bond donors (Lipinski definition) is 2. The van der Waals surface area contributed by atoms with Gasteiger partial charge in [0.05, 0.1) is 14.1 Å². The van der Waals surface area contributed by atoms with Crippen molar-refractivity contribution in [1.82, 2.24) is 5.32 Å². The minimum absolute atomic E-state index is 0.0233. The van der Waals surface area contributed by atoms with E-state index in [4.69, 9.17) is 0 Å². The maximum Gasteiger partial charge on any atom is 0.223 e. The Hall–Kier alpha value is -0.610. The maximum atomic E-state index is 12.9. The van der Waals surface area contributed by atoms with Crippen LogP contribution in [0.1, 0.15) is 70.6 Å². The van der Waals surface area contributed by atoms with Crippen molar-refractivity contribution < 1.29 is 14.6 Å². The molecule has 0 unspecified atom stereocenters. The molecule has 0 radical (unpaired) electrons. The molecule has 0 aromatic carbocycles. The van der Waals surface area contributed by atoms with Gasteiger partial charge in [-0.25, -0.2) is 5.21 Å².